The molecule has 1 aromatic heterocycles. The first-order chi connectivity index (χ1) is 15.4. The molecule has 3 amide bonds. The second-order valence-corrected chi connectivity index (χ2v) is 7.52. The molecule has 8 nitrogen and oxygen atoms in total. The van der Waals surface area contributed by atoms with Gasteiger partial charge in [-0.2, -0.15) is 0 Å². The number of rotatable bonds is 7. The number of fused-ring (bicyclic) bond motifs is 1. The lowest BCUT2D eigenvalue weighted by Crippen LogP contribution is -2.31. The molecule has 0 spiro atoms. The number of carbonyl (C=O) groups is 3. The zero-order valence-corrected chi connectivity index (χ0v) is 17.8. The van der Waals surface area contributed by atoms with Gasteiger partial charge in [-0.15, -0.1) is 0 Å². The van der Waals surface area contributed by atoms with Gasteiger partial charge in [0, 0.05) is 30.0 Å². The highest BCUT2D eigenvalue weighted by Crippen LogP contribution is 2.23. The highest BCUT2D eigenvalue weighted by atomic mass is 16.5. The molecule has 0 saturated heterocycles. The summed E-state index contributed by atoms with van der Waals surface area (Å²) in [5, 5.41) is 2.80. The molecule has 0 atom stereocenters. The molecule has 0 saturated carbocycles. The maximum atomic E-state index is 12.4. The van der Waals surface area contributed by atoms with E-state index in [0.29, 0.717) is 29.0 Å². The van der Waals surface area contributed by atoms with E-state index in [4.69, 9.17) is 4.74 Å². The first-order valence-corrected chi connectivity index (χ1v) is 10.3. The van der Waals surface area contributed by atoms with Crippen molar-refractivity contribution in [1.29, 1.82) is 0 Å². The number of nitrogens with one attached hydrogen (secondary N) is 1. The second-order valence-electron chi connectivity index (χ2n) is 7.52. The summed E-state index contributed by atoms with van der Waals surface area (Å²) in [4.78, 5) is 46.6. The van der Waals surface area contributed by atoms with Crippen molar-refractivity contribution in [2.24, 2.45) is 0 Å². The van der Waals surface area contributed by atoms with Gasteiger partial charge in [0.15, 0.2) is 0 Å². The number of imide groups is 1. The van der Waals surface area contributed by atoms with Gasteiger partial charge in [0.2, 0.25) is 5.91 Å². The van der Waals surface area contributed by atoms with Gasteiger partial charge >= 0.3 is 6.01 Å². The standard InChI is InChI=1S/C24H22N4O4/c1-15-14-16(2)26-24(25-15)32-18-11-9-17(10-12-18)27-21(29)8-5-13-28-22(30)19-6-3-4-7-20(19)23(28)31/h3-4,6-7,9-12,14H,5,8,13H2,1-2H3,(H,27,29). The van der Waals surface area contributed by atoms with E-state index in [2.05, 4.69) is 15.3 Å². The second kappa shape index (κ2) is 8.97. The van der Waals surface area contributed by atoms with Gasteiger partial charge < -0.3 is 10.1 Å². The Morgan fingerprint density at radius 1 is 0.938 bits per heavy atom. The summed E-state index contributed by atoms with van der Waals surface area (Å²) in [5.41, 5.74) is 3.07. The molecular formula is C24H22N4O4. The van der Waals surface area contributed by atoms with Crippen molar-refractivity contribution in [1.82, 2.24) is 14.9 Å². The van der Waals surface area contributed by atoms with E-state index in [9.17, 15) is 14.4 Å². The summed E-state index contributed by atoms with van der Waals surface area (Å²) in [6.07, 6.45) is 0.560. The summed E-state index contributed by atoms with van der Waals surface area (Å²) in [6.45, 7) is 3.94. The SMILES string of the molecule is Cc1cc(C)nc(Oc2ccc(NC(=O)CCCN3C(=O)c4ccccc4C3=O)cc2)n1. The number of aryl methyl sites for hydroxylation is 2. The van der Waals surface area contributed by atoms with Crippen LogP contribution in [0.5, 0.6) is 11.8 Å². The van der Waals surface area contributed by atoms with Gasteiger partial charge in [-0.25, -0.2) is 9.97 Å². The fraction of sp³-hybridized carbons (Fsp3) is 0.208. The lowest BCUT2D eigenvalue weighted by molar-refractivity contribution is -0.116. The minimum atomic E-state index is -0.311. The van der Waals surface area contributed by atoms with Crippen molar-refractivity contribution in [3.05, 3.63) is 77.1 Å². The molecule has 0 bridgehead atoms. The van der Waals surface area contributed by atoms with E-state index < -0.39 is 0 Å². The van der Waals surface area contributed by atoms with Crippen LogP contribution in [0.25, 0.3) is 0 Å². The quantitative estimate of drug-likeness (QED) is 0.571. The summed E-state index contributed by atoms with van der Waals surface area (Å²) in [7, 11) is 0. The third kappa shape index (κ3) is 4.64. The third-order valence-corrected chi connectivity index (χ3v) is 4.97. The monoisotopic (exact) mass is 430 g/mol. The predicted molar refractivity (Wildman–Crippen MR) is 118 cm³/mol. The number of anilines is 1. The summed E-state index contributed by atoms with van der Waals surface area (Å²) in [5.74, 6) is -0.268. The number of hydrogen-bond acceptors (Lipinski definition) is 6. The van der Waals surface area contributed by atoms with Crippen molar-refractivity contribution >= 4 is 23.4 Å². The molecule has 0 aliphatic carbocycles. The third-order valence-electron chi connectivity index (χ3n) is 4.97. The van der Waals surface area contributed by atoms with Crippen molar-refractivity contribution in [3.63, 3.8) is 0 Å². The number of hydrogen-bond donors (Lipinski definition) is 1. The Hall–Kier alpha value is -4.07. The molecule has 1 aliphatic heterocycles. The molecule has 4 rings (SSSR count). The van der Waals surface area contributed by atoms with E-state index >= 15 is 0 Å². The highest BCUT2D eigenvalue weighted by molar-refractivity contribution is 6.21. The van der Waals surface area contributed by atoms with Gasteiger partial charge in [0.25, 0.3) is 11.8 Å². The van der Waals surface area contributed by atoms with E-state index in [1.54, 1.807) is 48.5 Å². The van der Waals surface area contributed by atoms with Crippen LogP contribution >= 0.6 is 0 Å². The van der Waals surface area contributed by atoms with Gasteiger partial charge in [0.1, 0.15) is 5.75 Å². The average Bonchev–Trinajstić information content (AvgIpc) is 2.99. The lowest BCUT2D eigenvalue weighted by Gasteiger charge is -2.13. The van der Waals surface area contributed by atoms with Crippen LogP contribution in [0.2, 0.25) is 0 Å². The van der Waals surface area contributed by atoms with Crippen LogP contribution in [-0.2, 0) is 4.79 Å². The minimum Gasteiger partial charge on any atom is -0.424 e. The van der Waals surface area contributed by atoms with Crippen LogP contribution in [0.15, 0.2) is 54.6 Å². The molecule has 2 aromatic carbocycles. The number of nitrogens with zero attached hydrogens (tertiary/aromatic N) is 3. The van der Waals surface area contributed by atoms with E-state index in [-0.39, 0.29) is 36.7 Å². The van der Waals surface area contributed by atoms with E-state index in [1.165, 1.54) is 4.90 Å². The Labute approximate surface area is 185 Å². The van der Waals surface area contributed by atoms with Gasteiger partial charge in [-0.3, -0.25) is 19.3 Å². The summed E-state index contributed by atoms with van der Waals surface area (Å²) < 4.78 is 5.66. The zero-order valence-electron chi connectivity index (χ0n) is 17.8. The normalized spacial score (nSPS) is 12.6. The molecular weight excluding hydrogens is 408 g/mol. The Balaban J connectivity index is 1.27. The molecule has 2 heterocycles. The van der Waals surface area contributed by atoms with Crippen LogP contribution in [0.4, 0.5) is 5.69 Å². The number of amides is 3. The van der Waals surface area contributed by atoms with Crippen LogP contribution in [0.1, 0.15) is 44.9 Å². The van der Waals surface area contributed by atoms with Crippen LogP contribution < -0.4 is 10.1 Å². The van der Waals surface area contributed by atoms with Crippen molar-refractivity contribution in [2.45, 2.75) is 26.7 Å². The largest absolute Gasteiger partial charge is 0.424 e. The maximum Gasteiger partial charge on any atom is 0.322 e. The first-order valence-electron chi connectivity index (χ1n) is 10.3. The van der Waals surface area contributed by atoms with Crippen molar-refractivity contribution in [2.75, 3.05) is 11.9 Å². The number of aromatic nitrogens is 2. The van der Waals surface area contributed by atoms with Gasteiger partial charge in [0.05, 0.1) is 11.1 Å². The molecule has 32 heavy (non-hydrogen) atoms. The predicted octanol–water partition coefficient (Wildman–Crippen LogP) is 3.90. The molecule has 1 aliphatic rings. The Morgan fingerprint density at radius 2 is 1.53 bits per heavy atom. The molecule has 0 radical (unpaired) electrons. The van der Waals surface area contributed by atoms with E-state index in [1.807, 2.05) is 19.9 Å². The van der Waals surface area contributed by atoms with Crippen LogP contribution in [0, 0.1) is 13.8 Å². The topological polar surface area (TPSA) is 101 Å². The molecule has 3 aromatic rings. The summed E-state index contributed by atoms with van der Waals surface area (Å²) >= 11 is 0. The molecule has 0 unspecified atom stereocenters. The van der Waals surface area contributed by atoms with E-state index in [0.717, 1.165) is 11.4 Å². The zero-order chi connectivity index (χ0) is 22.7. The van der Waals surface area contributed by atoms with Crippen molar-refractivity contribution in [3.8, 4) is 11.8 Å². The number of carbonyl (C=O) groups excluding carboxylic acids is 3. The maximum absolute atomic E-state index is 12.4. The van der Waals surface area contributed by atoms with Crippen LogP contribution in [-0.4, -0.2) is 39.1 Å². The summed E-state index contributed by atoms with van der Waals surface area (Å²) in [6, 6.07) is 15.8. The Morgan fingerprint density at radius 3 is 2.12 bits per heavy atom. The lowest BCUT2D eigenvalue weighted by atomic mass is 10.1. The average molecular weight is 430 g/mol. The molecule has 8 heteroatoms. The Bertz CT molecular complexity index is 1140. The molecule has 1 N–H and O–H groups in total. The number of ether oxygens (including phenoxy) is 1. The smallest absolute Gasteiger partial charge is 0.322 e. The number of benzene rings is 2. The molecule has 162 valence electrons. The Kier molecular flexibility index (Phi) is 5.93. The van der Waals surface area contributed by atoms with Crippen molar-refractivity contribution < 1.29 is 19.1 Å². The molecule has 0 fully saturated rings. The highest BCUT2D eigenvalue weighted by Gasteiger charge is 2.34. The first kappa shape index (κ1) is 21.2. The van der Waals surface area contributed by atoms with Gasteiger partial charge in [-0.05, 0) is 62.7 Å². The minimum absolute atomic E-state index is 0.183. The fourth-order valence-corrected chi connectivity index (χ4v) is 3.51. The fourth-order valence-electron chi connectivity index (χ4n) is 3.51. The van der Waals surface area contributed by atoms with Crippen LogP contribution in [0.3, 0.4) is 0 Å². The van der Waals surface area contributed by atoms with Gasteiger partial charge in [-0.1, -0.05) is 12.1 Å².